The molecule has 0 fully saturated rings. The molecule has 0 saturated heterocycles. The number of pyridine rings is 1. The molecule has 2 aromatic heterocycles. The number of aromatic nitrogens is 3. The van der Waals surface area contributed by atoms with Crippen LogP contribution in [-0.2, 0) is 6.54 Å². The van der Waals surface area contributed by atoms with Crippen LogP contribution in [0.5, 0.6) is 0 Å². The molecule has 16 heavy (non-hydrogen) atoms. The van der Waals surface area contributed by atoms with Crippen LogP contribution >= 0.6 is 23.4 Å². The molecule has 2 aromatic rings. The van der Waals surface area contributed by atoms with Crippen LogP contribution in [-0.4, -0.2) is 20.8 Å². The van der Waals surface area contributed by atoms with Crippen LogP contribution in [0.3, 0.4) is 0 Å². The van der Waals surface area contributed by atoms with Crippen LogP contribution in [0.4, 0.5) is 0 Å². The molecule has 0 saturated carbocycles. The van der Waals surface area contributed by atoms with Gasteiger partial charge in [-0.3, -0.25) is 4.98 Å². The molecule has 2 rings (SSSR count). The highest BCUT2D eigenvalue weighted by Crippen LogP contribution is 2.19. The second-order valence-electron chi connectivity index (χ2n) is 3.41. The Labute approximate surface area is 104 Å². The summed E-state index contributed by atoms with van der Waals surface area (Å²) in [6.07, 6.45) is 7.50. The topological polar surface area (TPSA) is 30.7 Å². The van der Waals surface area contributed by atoms with Crippen LogP contribution in [0, 0.1) is 6.92 Å². The number of nitrogens with zero attached hydrogens (tertiary/aromatic N) is 3. The molecule has 0 radical (unpaired) electrons. The minimum absolute atomic E-state index is 0.711. The molecule has 0 amide bonds. The highest BCUT2D eigenvalue weighted by atomic mass is 35.5. The SMILES string of the molecule is CSc1nccn1Cc1nccc(Cl)c1C. The Balaban J connectivity index is 2.30. The highest BCUT2D eigenvalue weighted by Gasteiger charge is 2.07. The van der Waals surface area contributed by atoms with Crippen LogP contribution in [0.15, 0.2) is 29.8 Å². The lowest BCUT2D eigenvalue weighted by molar-refractivity contribution is 0.690. The third kappa shape index (κ3) is 2.23. The van der Waals surface area contributed by atoms with E-state index in [-0.39, 0.29) is 0 Å². The van der Waals surface area contributed by atoms with Gasteiger partial charge in [0, 0.05) is 23.6 Å². The van der Waals surface area contributed by atoms with Gasteiger partial charge in [-0.15, -0.1) is 0 Å². The summed E-state index contributed by atoms with van der Waals surface area (Å²) in [5, 5.41) is 1.75. The minimum Gasteiger partial charge on any atom is -0.320 e. The maximum atomic E-state index is 6.06. The Hall–Kier alpha value is -1.00. The third-order valence-corrected chi connectivity index (χ3v) is 3.54. The fraction of sp³-hybridized carbons (Fsp3) is 0.273. The average Bonchev–Trinajstić information content (AvgIpc) is 2.72. The van der Waals surface area contributed by atoms with Crippen LogP contribution < -0.4 is 0 Å². The van der Waals surface area contributed by atoms with E-state index in [1.165, 1.54) is 0 Å². The van der Waals surface area contributed by atoms with E-state index in [9.17, 15) is 0 Å². The van der Waals surface area contributed by atoms with E-state index < -0.39 is 0 Å². The standard InChI is InChI=1S/C11H12ClN3S/c1-8-9(12)3-4-13-10(8)7-15-6-5-14-11(15)16-2/h3-6H,7H2,1-2H3. The lowest BCUT2D eigenvalue weighted by Crippen LogP contribution is -2.04. The summed E-state index contributed by atoms with van der Waals surface area (Å²) < 4.78 is 2.07. The number of imidazole rings is 1. The molecule has 84 valence electrons. The van der Waals surface area contributed by atoms with Crippen molar-refractivity contribution in [2.24, 2.45) is 0 Å². The zero-order valence-corrected chi connectivity index (χ0v) is 10.7. The first kappa shape index (κ1) is 11.5. The molecule has 0 N–H and O–H groups in total. The van der Waals surface area contributed by atoms with Gasteiger partial charge in [-0.05, 0) is 24.8 Å². The summed E-state index contributed by atoms with van der Waals surface area (Å²) >= 11 is 7.68. The molecule has 0 aliphatic rings. The predicted octanol–water partition coefficient (Wildman–Crippen LogP) is 3.01. The van der Waals surface area contributed by atoms with Crippen molar-refractivity contribution in [3.63, 3.8) is 0 Å². The van der Waals surface area contributed by atoms with Gasteiger partial charge in [-0.25, -0.2) is 4.98 Å². The highest BCUT2D eigenvalue weighted by molar-refractivity contribution is 7.98. The minimum atomic E-state index is 0.711. The Morgan fingerprint density at radius 2 is 2.19 bits per heavy atom. The first-order valence-corrected chi connectivity index (χ1v) is 6.47. The predicted molar refractivity (Wildman–Crippen MR) is 67.1 cm³/mol. The van der Waals surface area contributed by atoms with Gasteiger partial charge in [-0.1, -0.05) is 23.4 Å². The molecule has 0 atom stereocenters. The fourth-order valence-electron chi connectivity index (χ4n) is 1.48. The normalized spacial score (nSPS) is 10.7. The molecule has 0 bridgehead atoms. The van der Waals surface area contributed by atoms with E-state index in [2.05, 4.69) is 14.5 Å². The number of hydrogen-bond donors (Lipinski definition) is 0. The first-order chi connectivity index (χ1) is 7.72. The van der Waals surface area contributed by atoms with Crippen LogP contribution in [0.2, 0.25) is 5.02 Å². The molecule has 0 spiro atoms. The summed E-state index contributed by atoms with van der Waals surface area (Å²) in [4.78, 5) is 8.60. The zero-order chi connectivity index (χ0) is 11.5. The van der Waals surface area contributed by atoms with Gasteiger partial charge in [-0.2, -0.15) is 0 Å². The summed E-state index contributed by atoms with van der Waals surface area (Å²) in [6.45, 7) is 2.70. The van der Waals surface area contributed by atoms with E-state index in [1.807, 2.05) is 25.4 Å². The molecule has 5 heteroatoms. The van der Waals surface area contributed by atoms with Crippen LogP contribution in [0.25, 0.3) is 0 Å². The Kier molecular flexibility index (Phi) is 3.51. The van der Waals surface area contributed by atoms with Crippen molar-refractivity contribution < 1.29 is 0 Å². The molecular formula is C11H12ClN3S. The number of thioether (sulfide) groups is 1. The van der Waals surface area contributed by atoms with Gasteiger partial charge in [0.25, 0.3) is 0 Å². The third-order valence-electron chi connectivity index (χ3n) is 2.42. The van der Waals surface area contributed by atoms with E-state index in [0.717, 1.165) is 21.4 Å². The largest absolute Gasteiger partial charge is 0.320 e. The quantitative estimate of drug-likeness (QED) is 0.788. The number of hydrogen-bond acceptors (Lipinski definition) is 3. The molecule has 0 aliphatic carbocycles. The molecular weight excluding hydrogens is 242 g/mol. The number of rotatable bonds is 3. The van der Waals surface area contributed by atoms with Crippen molar-refractivity contribution in [1.82, 2.24) is 14.5 Å². The maximum absolute atomic E-state index is 6.06. The second-order valence-corrected chi connectivity index (χ2v) is 4.59. The van der Waals surface area contributed by atoms with Crippen molar-refractivity contribution in [3.05, 3.63) is 40.9 Å². The average molecular weight is 254 g/mol. The molecule has 0 aliphatic heterocycles. The van der Waals surface area contributed by atoms with Gasteiger partial charge >= 0.3 is 0 Å². The fourth-order valence-corrected chi connectivity index (χ4v) is 2.17. The van der Waals surface area contributed by atoms with E-state index in [4.69, 9.17) is 11.6 Å². The van der Waals surface area contributed by atoms with Crippen molar-refractivity contribution >= 4 is 23.4 Å². The van der Waals surface area contributed by atoms with Gasteiger partial charge in [0.05, 0.1) is 12.2 Å². The summed E-state index contributed by atoms with van der Waals surface area (Å²) in [7, 11) is 0. The first-order valence-electron chi connectivity index (χ1n) is 4.87. The lowest BCUT2D eigenvalue weighted by Gasteiger charge is -2.08. The summed E-state index contributed by atoms with van der Waals surface area (Å²) in [5.74, 6) is 0. The van der Waals surface area contributed by atoms with Gasteiger partial charge in [0.1, 0.15) is 0 Å². The zero-order valence-electron chi connectivity index (χ0n) is 9.14. The van der Waals surface area contributed by atoms with Crippen molar-refractivity contribution in [2.75, 3.05) is 6.26 Å². The summed E-state index contributed by atoms with van der Waals surface area (Å²) in [5.41, 5.74) is 2.02. The van der Waals surface area contributed by atoms with Crippen molar-refractivity contribution in [2.45, 2.75) is 18.6 Å². The van der Waals surface area contributed by atoms with Crippen molar-refractivity contribution in [3.8, 4) is 0 Å². The number of halogens is 1. The van der Waals surface area contributed by atoms with E-state index in [1.54, 1.807) is 24.2 Å². The smallest absolute Gasteiger partial charge is 0.168 e. The van der Waals surface area contributed by atoms with E-state index in [0.29, 0.717) is 6.54 Å². The molecule has 2 heterocycles. The maximum Gasteiger partial charge on any atom is 0.168 e. The lowest BCUT2D eigenvalue weighted by atomic mass is 10.2. The second kappa shape index (κ2) is 4.89. The Morgan fingerprint density at radius 1 is 1.38 bits per heavy atom. The van der Waals surface area contributed by atoms with Crippen molar-refractivity contribution in [1.29, 1.82) is 0 Å². The van der Waals surface area contributed by atoms with Gasteiger partial charge < -0.3 is 4.57 Å². The van der Waals surface area contributed by atoms with E-state index >= 15 is 0 Å². The monoisotopic (exact) mass is 253 g/mol. The Morgan fingerprint density at radius 3 is 2.94 bits per heavy atom. The summed E-state index contributed by atoms with van der Waals surface area (Å²) in [6, 6.07) is 1.81. The van der Waals surface area contributed by atoms with Gasteiger partial charge in [0.2, 0.25) is 0 Å². The molecule has 0 unspecified atom stereocenters. The molecule has 0 aromatic carbocycles. The molecule has 3 nitrogen and oxygen atoms in total. The Bertz CT molecular complexity index is 496. The van der Waals surface area contributed by atoms with Gasteiger partial charge in [0.15, 0.2) is 5.16 Å². The van der Waals surface area contributed by atoms with Crippen LogP contribution in [0.1, 0.15) is 11.3 Å².